The Balaban J connectivity index is 1.62. The third-order valence-corrected chi connectivity index (χ3v) is 4.75. The van der Waals surface area contributed by atoms with E-state index in [2.05, 4.69) is 17.8 Å². The lowest BCUT2D eigenvalue weighted by atomic mass is 9.95. The molecule has 2 N–H and O–H groups in total. The van der Waals surface area contributed by atoms with Crippen molar-refractivity contribution in [1.29, 1.82) is 0 Å². The van der Waals surface area contributed by atoms with Crippen molar-refractivity contribution in [3.05, 3.63) is 70.2 Å². The molecule has 0 spiro atoms. The van der Waals surface area contributed by atoms with E-state index < -0.39 is 5.41 Å². The molecule has 0 aromatic heterocycles. The van der Waals surface area contributed by atoms with E-state index in [4.69, 9.17) is 11.6 Å². The largest absolute Gasteiger partial charge is 0.272 e. The van der Waals surface area contributed by atoms with Crippen LogP contribution in [0.25, 0.3) is 0 Å². The Morgan fingerprint density at radius 3 is 2.17 bits per heavy atom. The summed E-state index contributed by atoms with van der Waals surface area (Å²) in [4.78, 5) is 24.6. The summed E-state index contributed by atoms with van der Waals surface area (Å²) in [5, 5.41) is 0.638. The molecule has 3 rings (SSSR count). The summed E-state index contributed by atoms with van der Waals surface area (Å²) in [7, 11) is 0. The van der Waals surface area contributed by atoms with Crippen molar-refractivity contribution >= 4 is 23.4 Å². The molecule has 1 aliphatic rings. The van der Waals surface area contributed by atoms with Gasteiger partial charge < -0.3 is 0 Å². The van der Waals surface area contributed by atoms with Crippen LogP contribution in [0.15, 0.2) is 48.5 Å². The molecule has 4 nitrogen and oxygen atoms in total. The van der Waals surface area contributed by atoms with Gasteiger partial charge in [-0.05, 0) is 54.7 Å². The normalized spacial score (nSPS) is 14.8. The molecular weight excluding hydrogens is 324 g/mol. The molecule has 1 aliphatic carbocycles. The van der Waals surface area contributed by atoms with Crippen LogP contribution in [0.2, 0.25) is 5.02 Å². The summed E-state index contributed by atoms with van der Waals surface area (Å²) >= 11 is 5.90. The third-order valence-electron chi connectivity index (χ3n) is 4.50. The van der Waals surface area contributed by atoms with Crippen LogP contribution in [0.5, 0.6) is 0 Å². The van der Waals surface area contributed by atoms with Crippen LogP contribution < -0.4 is 10.9 Å². The lowest BCUT2D eigenvalue weighted by Crippen LogP contribution is -2.46. The van der Waals surface area contributed by atoms with Gasteiger partial charge in [-0.3, -0.25) is 20.4 Å². The number of hydrogen-bond acceptors (Lipinski definition) is 2. The number of carbonyl (C=O) groups is 2. The second-order valence-corrected chi connectivity index (χ2v) is 6.48. The average Bonchev–Trinajstić information content (AvgIpc) is 3.42. The van der Waals surface area contributed by atoms with Crippen molar-refractivity contribution in [3.8, 4) is 0 Å². The quantitative estimate of drug-likeness (QED) is 0.837. The summed E-state index contributed by atoms with van der Waals surface area (Å²) in [5.74, 6) is -0.513. The summed E-state index contributed by atoms with van der Waals surface area (Å²) < 4.78 is 0. The van der Waals surface area contributed by atoms with Crippen molar-refractivity contribution in [3.63, 3.8) is 0 Å². The zero-order valence-corrected chi connectivity index (χ0v) is 14.2. The number of amides is 2. The Morgan fingerprint density at radius 2 is 1.62 bits per heavy atom. The molecule has 0 radical (unpaired) electrons. The molecule has 0 aliphatic heterocycles. The number of carbonyl (C=O) groups excluding carboxylic acids is 2. The van der Waals surface area contributed by atoms with Crippen LogP contribution in [0.4, 0.5) is 0 Å². The second-order valence-electron chi connectivity index (χ2n) is 6.05. The van der Waals surface area contributed by atoms with Crippen molar-refractivity contribution in [2.75, 3.05) is 0 Å². The van der Waals surface area contributed by atoms with E-state index in [1.165, 1.54) is 0 Å². The minimum atomic E-state index is -0.552. The molecule has 0 unspecified atom stereocenters. The number of halogens is 1. The summed E-state index contributed by atoms with van der Waals surface area (Å²) in [6.45, 7) is 2.06. The van der Waals surface area contributed by atoms with Crippen LogP contribution in [-0.2, 0) is 16.6 Å². The van der Waals surface area contributed by atoms with Crippen LogP contribution >= 0.6 is 11.6 Å². The van der Waals surface area contributed by atoms with E-state index in [0.29, 0.717) is 10.6 Å². The van der Waals surface area contributed by atoms with Gasteiger partial charge in [0.2, 0.25) is 5.91 Å². The van der Waals surface area contributed by atoms with Gasteiger partial charge in [0.15, 0.2) is 0 Å². The number of nitrogens with one attached hydrogen (secondary N) is 2. The molecule has 1 saturated carbocycles. The second kappa shape index (κ2) is 6.65. The first-order chi connectivity index (χ1) is 11.5. The molecule has 2 amide bonds. The molecule has 0 heterocycles. The standard InChI is InChI=1S/C19H19ClN2O2/c1-2-13-3-5-14(6-4-13)17(23)21-22-18(24)19(11-12-19)15-7-9-16(20)10-8-15/h3-10H,2,11-12H2,1H3,(H,21,23)(H,22,24). The minimum absolute atomic E-state index is 0.191. The van der Waals surface area contributed by atoms with E-state index >= 15 is 0 Å². The predicted molar refractivity (Wildman–Crippen MR) is 93.8 cm³/mol. The Hall–Kier alpha value is -2.33. The molecule has 2 aromatic rings. The van der Waals surface area contributed by atoms with E-state index in [0.717, 1.165) is 30.4 Å². The van der Waals surface area contributed by atoms with E-state index in [1.807, 2.05) is 24.3 Å². The minimum Gasteiger partial charge on any atom is -0.272 e. The zero-order chi connectivity index (χ0) is 17.2. The lowest BCUT2D eigenvalue weighted by Gasteiger charge is -2.16. The van der Waals surface area contributed by atoms with Gasteiger partial charge in [0.25, 0.3) is 5.91 Å². The molecule has 5 heteroatoms. The fourth-order valence-electron chi connectivity index (χ4n) is 2.74. The SMILES string of the molecule is CCc1ccc(C(=O)NNC(=O)C2(c3ccc(Cl)cc3)CC2)cc1. The average molecular weight is 343 g/mol. The number of aryl methyl sites for hydroxylation is 1. The van der Waals surface area contributed by atoms with Crippen molar-refractivity contribution in [1.82, 2.24) is 10.9 Å². The molecule has 0 saturated heterocycles. The van der Waals surface area contributed by atoms with Crippen molar-refractivity contribution in [2.45, 2.75) is 31.6 Å². The van der Waals surface area contributed by atoms with E-state index in [9.17, 15) is 9.59 Å². The number of hydrogen-bond donors (Lipinski definition) is 2. The van der Waals surface area contributed by atoms with Crippen LogP contribution in [0.3, 0.4) is 0 Å². The molecular formula is C19H19ClN2O2. The van der Waals surface area contributed by atoms with Crippen LogP contribution in [-0.4, -0.2) is 11.8 Å². The van der Waals surface area contributed by atoms with Crippen molar-refractivity contribution in [2.24, 2.45) is 0 Å². The monoisotopic (exact) mass is 342 g/mol. The fraction of sp³-hybridized carbons (Fsp3) is 0.263. The zero-order valence-electron chi connectivity index (χ0n) is 13.4. The lowest BCUT2D eigenvalue weighted by molar-refractivity contribution is -0.124. The van der Waals surface area contributed by atoms with Crippen LogP contribution in [0, 0.1) is 0 Å². The molecule has 124 valence electrons. The maximum atomic E-state index is 12.5. The Bertz CT molecular complexity index is 750. The highest BCUT2D eigenvalue weighted by molar-refractivity contribution is 6.30. The first-order valence-electron chi connectivity index (χ1n) is 8.01. The molecule has 1 fully saturated rings. The van der Waals surface area contributed by atoms with Gasteiger partial charge in [-0.15, -0.1) is 0 Å². The summed E-state index contributed by atoms with van der Waals surface area (Å²) in [6, 6.07) is 14.6. The van der Waals surface area contributed by atoms with Crippen molar-refractivity contribution < 1.29 is 9.59 Å². The van der Waals surface area contributed by atoms with Crippen LogP contribution in [0.1, 0.15) is 41.3 Å². The molecule has 0 bridgehead atoms. The Morgan fingerprint density at radius 1 is 1.00 bits per heavy atom. The number of benzene rings is 2. The number of hydrazine groups is 1. The highest BCUT2D eigenvalue weighted by atomic mass is 35.5. The van der Waals surface area contributed by atoms with Gasteiger partial charge in [0, 0.05) is 10.6 Å². The van der Waals surface area contributed by atoms with Gasteiger partial charge in [0.1, 0.15) is 0 Å². The Labute approximate surface area is 146 Å². The highest BCUT2D eigenvalue weighted by Crippen LogP contribution is 2.48. The summed E-state index contributed by atoms with van der Waals surface area (Å²) in [5.41, 5.74) is 7.10. The van der Waals surface area contributed by atoms with Gasteiger partial charge >= 0.3 is 0 Å². The predicted octanol–water partition coefficient (Wildman–Crippen LogP) is 3.40. The Kier molecular flexibility index (Phi) is 4.58. The first kappa shape index (κ1) is 16.5. The smallest absolute Gasteiger partial charge is 0.269 e. The summed E-state index contributed by atoms with van der Waals surface area (Å²) in [6.07, 6.45) is 2.45. The fourth-order valence-corrected chi connectivity index (χ4v) is 2.86. The molecule has 24 heavy (non-hydrogen) atoms. The number of rotatable bonds is 4. The first-order valence-corrected chi connectivity index (χ1v) is 8.39. The van der Waals surface area contributed by atoms with Gasteiger partial charge in [-0.2, -0.15) is 0 Å². The third kappa shape index (κ3) is 3.29. The van der Waals surface area contributed by atoms with Gasteiger partial charge in [-0.1, -0.05) is 42.8 Å². The highest BCUT2D eigenvalue weighted by Gasteiger charge is 2.51. The molecule has 2 aromatic carbocycles. The van der Waals surface area contributed by atoms with Gasteiger partial charge in [-0.25, -0.2) is 0 Å². The van der Waals surface area contributed by atoms with E-state index in [-0.39, 0.29) is 11.8 Å². The van der Waals surface area contributed by atoms with Gasteiger partial charge in [0.05, 0.1) is 5.41 Å². The maximum absolute atomic E-state index is 12.5. The van der Waals surface area contributed by atoms with E-state index in [1.54, 1.807) is 24.3 Å². The molecule has 0 atom stereocenters. The maximum Gasteiger partial charge on any atom is 0.269 e. The topological polar surface area (TPSA) is 58.2 Å².